The van der Waals surface area contributed by atoms with Crippen molar-refractivity contribution in [2.75, 3.05) is 11.8 Å². The van der Waals surface area contributed by atoms with Crippen molar-refractivity contribution in [2.45, 2.75) is 18.2 Å². The van der Waals surface area contributed by atoms with Gasteiger partial charge in [-0.1, -0.05) is 24.6 Å². The molecule has 0 heterocycles. The van der Waals surface area contributed by atoms with Crippen LogP contribution in [0.4, 0.5) is 5.69 Å². The smallest absolute Gasteiger partial charge is 0.265 e. The highest BCUT2D eigenvalue weighted by atomic mass is 35.5. The summed E-state index contributed by atoms with van der Waals surface area (Å²) >= 11 is 5.79. The molecule has 0 spiro atoms. The first-order valence-corrected chi connectivity index (χ1v) is 8.27. The fourth-order valence-corrected chi connectivity index (χ4v) is 3.28. The van der Waals surface area contributed by atoms with E-state index in [0.29, 0.717) is 16.5 Å². The molecular weight excluding hydrogens is 310 g/mol. The lowest BCUT2D eigenvalue weighted by molar-refractivity contribution is 0.402. The van der Waals surface area contributed by atoms with Crippen molar-refractivity contribution in [2.24, 2.45) is 0 Å². The Bertz CT molecular complexity index is 727. The molecule has 2 rings (SSSR count). The summed E-state index contributed by atoms with van der Waals surface area (Å²) < 4.78 is 32.7. The van der Waals surface area contributed by atoms with Crippen molar-refractivity contribution in [1.29, 1.82) is 0 Å². The maximum absolute atomic E-state index is 12.5. The number of sulfonamides is 1. The zero-order valence-electron chi connectivity index (χ0n) is 11.8. The molecule has 0 amide bonds. The molecule has 1 N–H and O–H groups in total. The van der Waals surface area contributed by atoms with Gasteiger partial charge >= 0.3 is 0 Å². The molecule has 0 saturated carbocycles. The Hall–Kier alpha value is -1.72. The Labute approximate surface area is 129 Å². The van der Waals surface area contributed by atoms with E-state index < -0.39 is 10.0 Å². The SMILES string of the molecule is CCc1ccc(OC)c(S(=O)(=O)Nc2ccc(Cl)cc2)c1. The van der Waals surface area contributed by atoms with Crippen LogP contribution in [0.25, 0.3) is 0 Å². The van der Waals surface area contributed by atoms with Crippen molar-refractivity contribution in [3.8, 4) is 5.75 Å². The average molecular weight is 326 g/mol. The van der Waals surface area contributed by atoms with Crippen LogP contribution in [0.15, 0.2) is 47.4 Å². The number of hydrogen-bond donors (Lipinski definition) is 1. The molecule has 2 aromatic rings. The molecule has 4 nitrogen and oxygen atoms in total. The molecule has 0 unspecified atom stereocenters. The molecule has 0 aliphatic rings. The van der Waals surface area contributed by atoms with Crippen LogP contribution in [-0.2, 0) is 16.4 Å². The molecule has 0 atom stereocenters. The molecule has 21 heavy (non-hydrogen) atoms. The molecule has 0 aliphatic carbocycles. The van der Waals surface area contributed by atoms with Crippen LogP contribution in [0.3, 0.4) is 0 Å². The van der Waals surface area contributed by atoms with Gasteiger partial charge in [0.1, 0.15) is 10.6 Å². The largest absolute Gasteiger partial charge is 0.495 e. The van der Waals surface area contributed by atoms with Crippen LogP contribution in [0.2, 0.25) is 5.02 Å². The second-order valence-corrected chi connectivity index (χ2v) is 6.54. The number of benzene rings is 2. The highest BCUT2D eigenvalue weighted by Crippen LogP contribution is 2.27. The highest BCUT2D eigenvalue weighted by Gasteiger charge is 2.20. The van der Waals surface area contributed by atoms with E-state index in [1.54, 1.807) is 36.4 Å². The van der Waals surface area contributed by atoms with E-state index in [-0.39, 0.29) is 4.90 Å². The lowest BCUT2D eigenvalue weighted by atomic mass is 10.2. The summed E-state index contributed by atoms with van der Waals surface area (Å²) in [5.41, 5.74) is 1.37. The first kappa shape index (κ1) is 15.7. The second-order valence-electron chi connectivity index (χ2n) is 4.45. The fourth-order valence-electron chi connectivity index (χ4n) is 1.88. The van der Waals surface area contributed by atoms with E-state index in [0.717, 1.165) is 12.0 Å². The lowest BCUT2D eigenvalue weighted by Crippen LogP contribution is -2.14. The van der Waals surface area contributed by atoms with Crippen LogP contribution >= 0.6 is 11.6 Å². The molecular formula is C15H16ClNO3S. The van der Waals surface area contributed by atoms with Crippen LogP contribution in [0.5, 0.6) is 5.75 Å². The van der Waals surface area contributed by atoms with E-state index in [4.69, 9.17) is 16.3 Å². The summed E-state index contributed by atoms with van der Waals surface area (Å²) in [6, 6.07) is 11.6. The van der Waals surface area contributed by atoms with Crippen LogP contribution < -0.4 is 9.46 Å². The van der Waals surface area contributed by atoms with E-state index >= 15 is 0 Å². The van der Waals surface area contributed by atoms with Crippen LogP contribution in [0, 0.1) is 0 Å². The summed E-state index contributed by atoms with van der Waals surface area (Å²) in [6.45, 7) is 1.96. The maximum Gasteiger partial charge on any atom is 0.265 e. The topological polar surface area (TPSA) is 55.4 Å². The minimum absolute atomic E-state index is 0.124. The Morgan fingerprint density at radius 3 is 2.38 bits per heavy atom. The van der Waals surface area contributed by atoms with Crippen molar-refractivity contribution >= 4 is 27.3 Å². The van der Waals surface area contributed by atoms with Gasteiger partial charge < -0.3 is 4.74 Å². The van der Waals surface area contributed by atoms with E-state index in [1.807, 2.05) is 13.0 Å². The Morgan fingerprint density at radius 2 is 1.81 bits per heavy atom. The van der Waals surface area contributed by atoms with Gasteiger partial charge in [-0.15, -0.1) is 0 Å². The normalized spacial score (nSPS) is 11.2. The van der Waals surface area contributed by atoms with Crippen LogP contribution in [0.1, 0.15) is 12.5 Å². The van der Waals surface area contributed by atoms with E-state index in [1.165, 1.54) is 7.11 Å². The van der Waals surface area contributed by atoms with Gasteiger partial charge in [0.25, 0.3) is 10.0 Å². The highest BCUT2D eigenvalue weighted by molar-refractivity contribution is 7.92. The third-order valence-electron chi connectivity index (χ3n) is 3.02. The van der Waals surface area contributed by atoms with Crippen molar-refractivity contribution in [3.63, 3.8) is 0 Å². The molecule has 0 aliphatic heterocycles. The summed E-state index contributed by atoms with van der Waals surface area (Å²) in [6.07, 6.45) is 0.744. The van der Waals surface area contributed by atoms with Crippen molar-refractivity contribution < 1.29 is 13.2 Å². The summed E-state index contributed by atoms with van der Waals surface area (Å²) in [7, 11) is -2.27. The van der Waals surface area contributed by atoms with Crippen LogP contribution in [-0.4, -0.2) is 15.5 Å². The maximum atomic E-state index is 12.5. The predicted molar refractivity (Wildman–Crippen MR) is 84.6 cm³/mol. The van der Waals surface area contributed by atoms with Gasteiger partial charge in [0.15, 0.2) is 0 Å². The Kier molecular flexibility index (Phi) is 4.75. The standard InChI is InChI=1S/C15H16ClNO3S/c1-3-11-4-9-14(20-2)15(10-11)21(18,19)17-13-7-5-12(16)6-8-13/h4-10,17H,3H2,1-2H3. The number of nitrogens with one attached hydrogen (secondary N) is 1. The third-order valence-corrected chi connectivity index (χ3v) is 4.68. The summed E-state index contributed by atoms with van der Waals surface area (Å²) in [5, 5.41) is 0.545. The molecule has 0 radical (unpaired) electrons. The van der Waals surface area contributed by atoms with Crippen molar-refractivity contribution in [1.82, 2.24) is 0 Å². The molecule has 0 aromatic heterocycles. The number of halogens is 1. The molecule has 0 fully saturated rings. The second kappa shape index (κ2) is 6.37. The summed E-state index contributed by atoms with van der Waals surface area (Å²) in [4.78, 5) is 0.124. The minimum Gasteiger partial charge on any atom is -0.495 e. The monoisotopic (exact) mass is 325 g/mol. The predicted octanol–water partition coefficient (Wildman–Crippen LogP) is 3.71. The molecule has 112 valence electrons. The third kappa shape index (κ3) is 3.68. The van der Waals surface area contributed by atoms with Gasteiger partial charge in [-0.25, -0.2) is 8.42 Å². The van der Waals surface area contributed by atoms with Gasteiger partial charge in [0.05, 0.1) is 7.11 Å². The van der Waals surface area contributed by atoms with Gasteiger partial charge in [-0.3, -0.25) is 4.72 Å². The molecule has 2 aromatic carbocycles. The zero-order chi connectivity index (χ0) is 15.5. The van der Waals surface area contributed by atoms with E-state index in [9.17, 15) is 8.42 Å². The Morgan fingerprint density at radius 1 is 1.14 bits per heavy atom. The average Bonchev–Trinajstić information content (AvgIpc) is 2.48. The number of ether oxygens (including phenoxy) is 1. The minimum atomic E-state index is -3.72. The number of anilines is 1. The number of hydrogen-bond acceptors (Lipinski definition) is 3. The quantitative estimate of drug-likeness (QED) is 0.911. The number of aryl methyl sites for hydroxylation is 1. The molecule has 0 bridgehead atoms. The van der Waals surface area contributed by atoms with Gasteiger partial charge in [-0.05, 0) is 48.4 Å². The first-order valence-electron chi connectivity index (χ1n) is 6.41. The molecule has 6 heteroatoms. The number of methoxy groups -OCH3 is 1. The van der Waals surface area contributed by atoms with Gasteiger partial charge in [0.2, 0.25) is 0 Å². The Balaban J connectivity index is 2.41. The molecule has 0 saturated heterocycles. The van der Waals surface area contributed by atoms with Gasteiger partial charge in [0, 0.05) is 10.7 Å². The summed E-state index contributed by atoms with van der Waals surface area (Å²) in [5.74, 6) is 0.314. The van der Waals surface area contributed by atoms with Gasteiger partial charge in [-0.2, -0.15) is 0 Å². The van der Waals surface area contributed by atoms with Crippen molar-refractivity contribution in [3.05, 3.63) is 53.1 Å². The fraction of sp³-hybridized carbons (Fsp3) is 0.200. The van der Waals surface area contributed by atoms with E-state index in [2.05, 4.69) is 4.72 Å². The number of rotatable bonds is 5. The first-order chi connectivity index (χ1) is 9.96. The lowest BCUT2D eigenvalue weighted by Gasteiger charge is -2.13. The zero-order valence-corrected chi connectivity index (χ0v) is 13.3.